The quantitative estimate of drug-likeness (QED) is 0.491. The Balaban J connectivity index is 1.46. The molecule has 0 aromatic carbocycles. The Morgan fingerprint density at radius 1 is 1.17 bits per heavy atom. The molecule has 0 aromatic heterocycles. The zero-order valence-corrected chi connectivity index (χ0v) is 18.6. The number of carbonyl (C=O) groups is 2. The van der Waals surface area contributed by atoms with Crippen molar-refractivity contribution in [2.75, 3.05) is 5.75 Å². The molecule has 2 heterocycles. The predicted octanol–water partition coefficient (Wildman–Crippen LogP) is 4.46. The van der Waals surface area contributed by atoms with E-state index < -0.39 is 0 Å². The van der Waals surface area contributed by atoms with Gasteiger partial charge in [0.05, 0.1) is 6.10 Å². The summed E-state index contributed by atoms with van der Waals surface area (Å²) in [7, 11) is 0. The maximum absolute atomic E-state index is 12.3. The first-order valence-electron chi connectivity index (χ1n) is 11.5. The second-order valence-electron chi connectivity index (χ2n) is 10.8. The van der Waals surface area contributed by atoms with Crippen molar-refractivity contribution in [2.24, 2.45) is 22.7 Å². The summed E-state index contributed by atoms with van der Waals surface area (Å²) in [5.41, 5.74) is 0.978. The van der Waals surface area contributed by atoms with Crippen molar-refractivity contribution < 1.29 is 19.1 Å². The smallest absolute Gasteiger partial charge is 0.306 e. The van der Waals surface area contributed by atoms with Gasteiger partial charge in [-0.1, -0.05) is 26.3 Å². The molecule has 0 N–H and O–H groups in total. The lowest BCUT2D eigenvalue weighted by atomic mass is 9.46. The second-order valence-corrected chi connectivity index (χ2v) is 12.3. The first-order chi connectivity index (χ1) is 13.8. The maximum Gasteiger partial charge on any atom is 0.306 e. The van der Waals surface area contributed by atoms with E-state index >= 15 is 0 Å². The van der Waals surface area contributed by atoms with E-state index in [2.05, 4.69) is 32.5 Å². The van der Waals surface area contributed by atoms with Crippen LogP contribution in [0.25, 0.3) is 0 Å². The van der Waals surface area contributed by atoms with Crippen LogP contribution in [0.15, 0.2) is 11.6 Å². The first kappa shape index (κ1) is 18.9. The number of hydrogen-bond acceptors (Lipinski definition) is 5. The Kier molecular flexibility index (Phi) is 3.72. The molecule has 2 aliphatic heterocycles. The molecule has 3 saturated carbocycles. The lowest BCUT2D eigenvalue weighted by molar-refractivity contribution is -0.164. The van der Waals surface area contributed by atoms with Crippen LogP contribution in [-0.2, 0) is 19.1 Å². The molecular formula is C24H32O4S. The normalized spacial score (nSPS) is 54.9. The van der Waals surface area contributed by atoms with Gasteiger partial charge in [0.25, 0.3) is 0 Å². The summed E-state index contributed by atoms with van der Waals surface area (Å²) in [6.45, 7) is 7.03. The highest BCUT2D eigenvalue weighted by atomic mass is 32.2. The highest BCUT2D eigenvalue weighted by molar-refractivity contribution is 7.99. The molecule has 0 bridgehead atoms. The first-order valence-corrected chi connectivity index (χ1v) is 12.6. The minimum atomic E-state index is -0.270. The lowest BCUT2D eigenvalue weighted by Crippen LogP contribution is -2.63. The molecule has 4 aliphatic carbocycles. The zero-order chi connectivity index (χ0) is 20.2. The van der Waals surface area contributed by atoms with Gasteiger partial charge in [-0.25, -0.2) is 0 Å². The number of hydrogen-bond donors (Lipinski definition) is 0. The maximum atomic E-state index is 12.3. The molecule has 158 valence electrons. The number of fused-ring (bicyclic) bond motifs is 4. The van der Waals surface area contributed by atoms with Gasteiger partial charge in [-0.15, -0.1) is 0 Å². The van der Waals surface area contributed by atoms with Gasteiger partial charge in [0.2, 0.25) is 0 Å². The average Bonchev–Trinajstić information content (AvgIpc) is 3.16. The molecule has 0 amide bonds. The average molecular weight is 417 g/mol. The van der Waals surface area contributed by atoms with Gasteiger partial charge in [-0.2, -0.15) is 11.8 Å². The predicted molar refractivity (Wildman–Crippen MR) is 112 cm³/mol. The largest absolute Gasteiger partial charge is 0.458 e. The summed E-state index contributed by atoms with van der Waals surface area (Å²) in [6.07, 6.45) is 9.42. The fraction of sp³-hybridized carbons (Fsp3) is 0.833. The van der Waals surface area contributed by atoms with E-state index in [4.69, 9.17) is 9.47 Å². The third-order valence-electron chi connectivity index (χ3n) is 10.0. The van der Waals surface area contributed by atoms with Crippen LogP contribution in [0, 0.1) is 22.7 Å². The molecule has 6 rings (SSSR count). The molecule has 2 spiro atoms. The summed E-state index contributed by atoms with van der Waals surface area (Å²) >= 11 is 2.06. The van der Waals surface area contributed by atoms with Crippen molar-refractivity contribution in [3.8, 4) is 0 Å². The van der Waals surface area contributed by atoms with Gasteiger partial charge in [-0.3, -0.25) is 9.59 Å². The highest BCUT2D eigenvalue weighted by Gasteiger charge is 2.82. The van der Waals surface area contributed by atoms with Crippen LogP contribution < -0.4 is 0 Å². The Bertz CT molecular complexity index is 837. The SMILES string of the molecule is CCS[C@@H]1CC2=CC(=O)CC[C@]2(C)[C@@]23O[C@@H]2C[C@@]2(C)[C@@H](CC[C@@]24CCC(=O)O4)[C@H]13. The standard InChI is InChI=1S/C24H32O4S/c1-4-29-17-12-14-11-15(25)5-8-21(14,2)24-18(27-24)13-22(3)16(20(17)24)6-9-23(22)10-7-19(26)28-23/h11,16-18,20H,4-10,12-13H2,1-3H3/t16-,17+,18+,20+,21-,22-,23+,24+/m0/s1. The van der Waals surface area contributed by atoms with Crippen molar-refractivity contribution in [1.82, 2.24) is 0 Å². The van der Waals surface area contributed by atoms with Gasteiger partial charge in [-0.05, 0) is 56.3 Å². The van der Waals surface area contributed by atoms with Crippen LogP contribution in [0.2, 0.25) is 0 Å². The van der Waals surface area contributed by atoms with Gasteiger partial charge < -0.3 is 9.47 Å². The molecule has 2 saturated heterocycles. The molecule has 4 nitrogen and oxygen atoms in total. The molecule has 5 fully saturated rings. The molecule has 5 heteroatoms. The van der Waals surface area contributed by atoms with E-state index in [0.717, 1.165) is 44.3 Å². The van der Waals surface area contributed by atoms with E-state index in [-0.39, 0.29) is 34.1 Å². The minimum Gasteiger partial charge on any atom is -0.458 e. The summed E-state index contributed by atoms with van der Waals surface area (Å²) < 4.78 is 12.9. The number of thioether (sulfide) groups is 1. The molecule has 0 unspecified atom stereocenters. The Morgan fingerprint density at radius 3 is 2.72 bits per heavy atom. The third kappa shape index (κ3) is 2.07. The van der Waals surface area contributed by atoms with E-state index in [1.807, 2.05) is 6.08 Å². The third-order valence-corrected chi connectivity index (χ3v) is 11.3. The van der Waals surface area contributed by atoms with Gasteiger partial charge >= 0.3 is 5.97 Å². The number of rotatable bonds is 2. The van der Waals surface area contributed by atoms with Crippen molar-refractivity contribution in [1.29, 1.82) is 0 Å². The van der Waals surface area contributed by atoms with Crippen molar-refractivity contribution in [3.63, 3.8) is 0 Å². The Morgan fingerprint density at radius 2 is 2.00 bits per heavy atom. The van der Waals surface area contributed by atoms with E-state index in [1.165, 1.54) is 5.57 Å². The van der Waals surface area contributed by atoms with Gasteiger partial charge in [0, 0.05) is 34.8 Å². The van der Waals surface area contributed by atoms with Gasteiger partial charge in [0.15, 0.2) is 5.78 Å². The fourth-order valence-electron chi connectivity index (χ4n) is 8.62. The summed E-state index contributed by atoms with van der Waals surface area (Å²) in [4.78, 5) is 24.4. The van der Waals surface area contributed by atoms with E-state index in [1.54, 1.807) is 0 Å². The van der Waals surface area contributed by atoms with Crippen molar-refractivity contribution >= 4 is 23.5 Å². The second kappa shape index (κ2) is 5.70. The summed E-state index contributed by atoms with van der Waals surface area (Å²) in [5.74, 6) is 2.40. The number of ketones is 1. The van der Waals surface area contributed by atoms with Crippen LogP contribution in [0.3, 0.4) is 0 Å². The highest BCUT2D eigenvalue weighted by Crippen LogP contribution is 2.78. The van der Waals surface area contributed by atoms with Crippen LogP contribution in [0.1, 0.15) is 72.1 Å². The zero-order valence-electron chi connectivity index (χ0n) is 17.8. The number of ether oxygens (including phenoxy) is 2. The molecule has 6 aliphatic rings. The molecule has 0 aromatic rings. The van der Waals surface area contributed by atoms with Crippen LogP contribution in [0.5, 0.6) is 0 Å². The molecule has 0 radical (unpaired) electrons. The fourth-order valence-corrected chi connectivity index (χ4v) is 9.94. The minimum absolute atomic E-state index is 0.00784. The van der Waals surface area contributed by atoms with Crippen LogP contribution >= 0.6 is 11.8 Å². The lowest BCUT2D eigenvalue weighted by Gasteiger charge is -2.59. The topological polar surface area (TPSA) is 55.9 Å². The number of carbonyl (C=O) groups excluding carboxylic acids is 2. The molecular weight excluding hydrogens is 384 g/mol. The number of esters is 1. The monoisotopic (exact) mass is 416 g/mol. The van der Waals surface area contributed by atoms with Crippen LogP contribution in [-0.4, -0.2) is 40.1 Å². The summed E-state index contributed by atoms with van der Waals surface area (Å²) in [6, 6.07) is 0. The Labute approximate surface area is 177 Å². The molecule has 8 atom stereocenters. The molecule has 29 heavy (non-hydrogen) atoms. The van der Waals surface area contributed by atoms with Crippen LogP contribution in [0.4, 0.5) is 0 Å². The van der Waals surface area contributed by atoms with Gasteiger partial charge in [0.1, 0.15) is 11.2 Å². The van der Waals surface area contributed by atoms with E-state index in [0.29, 0.717) is 35.7 Å². The summed E-state index contributed by atoms with van der Waals surface area (Å²) in [5, 5.41) is 0.493. The van der Waals surface area contributed by atoms with E-state index in [9.17, 15) is 9.59 Å². The number of epoxide rings is 1. The van der Waals surface area contributed by atoms with Crippen molar-refractivity contribution in [2.45, 2.75) is 94.7 Å². The van der Waals surface area contributed by atoms with Crippen molar-refractivity contribution in [3.05, 3.63) is 11.6 Å². The Hall–Kier alpha value is -0.810.